The molecule has 2 unspecified atom stereocenters. The number of cyclic esters (lactones) is 1. The van der Waals surface area contributed by atoms with E-state index in [2.05, 4.69) is 11.4 Å². The number of hydrogen-bond donors (Lipinski definition) is 2. The number of ether oxygens (including phenoxy) is 3. The second-order valence-electron chi connectivity index (χ2n) is 15.0. The van der Waals surface area contributed by atoms with Crippen LogP contribution in [0.15, 0.2) is 53.3 Å². The second kappa shape index (κ2) is 18.8. The van der Waals surface area contributed by atoms with Crippen LogP contribution >= 0.6 is 0 Å². The van der Waals surface area contributed by atoms with Gasteiger partial charge >= 0.3 is 12.1 Å². The summed E-state index contributed by atoms with van der Waals surface area (Å²) in [7, 11) is 0. The van der Waals surface area contributed by atoms with Crippen LogP contribution in [-0.4, -0.2) is 75.9 Å². The monoisotopic (exact) mass is 820 g/mol. The third-order valence-corrected chi connectivity index (χ3v) is 11.4. The SMILES string of the molecule is CCc1c2c(nc3ccc(OCN(C(=O)OC(CC#N)CCCCCNC(C)=O)c4ccc(C(=O)N(CC)CC)cc4)cc13)-c1cc3c(c(=O)n1C2)COC(=O)C3(O)CC. The normalized spacial score (nSPS) is 15.5. The van der Waals surface area contributed by atoms with E-state index in [0.29, 0.717) is 72.8 Å². The maximum absolute atomic E-state index is 13.9. The highest BCUT2D eigenvalue weighted by Gasteiger charge is 2.45. The Labute approximate surface area is 348 Å². The Morgan fingerprint density at radius 2 is 1.78 bits per heavy atom. The Morgan fingerprint density at radius 3 is 2.45 bits per heavy atom. The minimum Gasteiger partial charge on any atom is -0.473 e. The first-order valence-corrected chi connectivity index (χ1v) is 20.6. The summed E-state index contributed by atoms with van der Waals surface area (Å²) in [5.41, 5.74) is 2.66. The summed E-state index contributed by atoms with van der Waals surface area (Å²) >= 11 is 0. The molecule has 0 fully saturated rings. The number of carbonyl (C=O) groups is 4. The smallest absolute Gasteiger partial charge is 0.417 e. The highest BCUT2D eigenvalue weighted by Crippen LogP contribution is 2.41. The van der Waals surface area contributed by atoms with E-state index in [1.54, 1.807) is 58.9 Å². The van der Waals surface area contributed by atoms with Crippen molar-refractivity contribution in [3.63, 3.8) is 0 Å². The van der Waals surface area contributed by atoms with Gasteiger partial charge < -0.3 is 34.1 Å². The molecule has 0 aliphatic carbocycles. The van der Waals surface area contributed by atoms with Crippen molar-refractivity contribution in [3.8, 4) is 23.2 Å². The number of esters is 1. The van der Waals surface area contributed by atoms with Crippen LogP contribution in [0.3, 0.4) is 0 Å². The number of unbranched alkanes of at least 4 members (excludes halogenated alkanes) is 2. The van der Waals surface area contributed by atoms with Gasteiger partial charge in [0.25, 0.3) is 11.5 Å². The highest BCUT2D eigenvalue weighted by molar-refractivity contribution is 5.95. The first kappa shape index (κ1) is 43.3. The molecule has 2 N–H and O–H groups in total. The number of hydrogen-bond acceptors (Lipinski definition) is 11. The number of nitrogens with one attached hydrogen (secondary N) is 1. The number of fused-ring (bicyclic) bond motifs is 5. The van der Waals surface area contributed by atoms with Crippen LogP contribution in [0.25, 0.3) is 22.3 Å². The van der Waals surface area contributed by atoms with Crippen LogP contribution in [0, 0.1) is 11.3 Å². The van der Waals surface area contributed by atoms with E-state index < -0.39 is 23.8 Å². The molecule has 15 heteroatoms. The number of benzene rings is 2. The number of carbonyl (C=O) groups excluding carboxylic acids is 4. The zero-order chi connectivity index (χ0) is 43.1. The van der Waals surface area contributed by atoms with Gasteiger partial charge in [-0.1, -0.05) is 20.3 Å². The van der Waals surface area contributed by atoms with Crippen LogP contribution in [0.5, 0.6) is 5.75 Å². The maximum Gasteiger partial charge on any atom is 0.417 e. The number of nitriles is 1. The lowest BCUT2D eigenvalue weighted by molar-refractivity contribution is -0.172. The van der Waals surface area contributed by atoms with Crippen molar-refractivity contribution in [3.05, 3.63) is 86.7 Å². The molecular formula is C45H52N6O9. The molecule has 60 heavy (non-hydrogen) atoms. The van der Waals surface area contributed by atoms with Crippen molar-refractivity contribution in [1.29, 1.82) is 5.26 Å². The molecule has 3 amide bonds. The van der Waals surface area contributed by atoms with E-state index in [0.717, 1.165) is 29.4 Å². The molecule has 4 heterocycles. The van der Waals surface area contributed by atoms with Crippen LogP contribution in [0.2, 0.25) is 0 Å². The van der Waals surface area contributed by atoms with E-state index >= 15 is 0 Å². The predicted octanol–water partition coefficient (Wildman–Crippen LogP) is 6.08. The summed E-state index contributed by atoms with van der Waals surface area (Å²) < 4.78 is 19.0. The van der Waals surface area contributed by atoms with Crippen molar-refractivity contribution >= 4 is 40.5 Å². The third kappa shape index (κ3) is 8.70. The van der Waals surface area contributed by atoms with Crippen molar-refractivity contribution < 1.29 is 38.5 Å². The molecule has 2 aromatic carbocycles. The van der Waals surface area contributed by atoms with Crippen LogP contribution < -0.4 is 20.5 Å². The molecule has 15 nitrogen and oxygen atoms in total. The fraction of sp³-hybridized carbons (Fsp3) is 0.444. The number of nitrogens with zero attached hydrogens (tertiary/aromatic N) is 5. The Bertz CT molecular complexity index is 2380. The van der Waals surface area contributed by atoms with Gasteiger partial charge in [-0.25, -0.2) is 19.5 Å². The van der Waals surface area contributed by atoms with E-state index in [4.69, 9.17) is 19.2 Å². The largest absolute Gasteiger partial charge is 0.473 e. The van der Waals surface area contributed by atoms with Crippen molar-refractivity contribution in [2.24, 2.45) is 0 Å². The van der Waals surface area contributed by atoms with Crippen LogP contribution in [0.1, 0.15) is 106 Å². The first-order valence-electron chi connectivity index (χ1n) is 20.6. The number of anilines is 1. The van der Waals surface area contributed by atoms with E-state index in [1.807, 2.05) is 26.8 Å². The summed E-state index contributed by atoms with van der Waals surface area (Å²) in [6, 6.07) is 15.8. The fourth-order valence-electron chi connectivity index (χ4n) is 7.93. The molecule has 0 bridgehead atoms. The standard InChI is InChI=1S/C45H52N6O9/c1-6-33-34-23-32(18-19-38(34)48-40-35(33)25-50-39(40)24-37-36(42(50)54)26-58-43(55)45(37,57)7-2)59-27-51(30-16-14-29(15-17-30)41(53)49(8-3)9-4)44(56)60-31(20-21-46)13-11-10-12-22-47-28(5)52/h14-19,23-24,31,57H,6-13,20,22,25-27H2,1-5H3,(H,47,52). The van der Waals surface area contributed by atoms with Gasteiger partial charge in [0.05, 0.1) is 47.2 Å². The Hall–Kier alpha value is -6.27. The minimum atomic E-state index is -1.93. The molecule has 0 saturated heterocycles. The van der Waals surface area contributed by atoms with Crippen molar-refractivity contribution in [2.45, 2.75) is 104 Å². The van der Waals surface area contributed by atoms with Crippen LogP contribution in [-0.2, 0) is 44.2 Å². The summed E-state index contributed by atoms with van der Waals surface area (Å²) in [5, 5.41) is 24.4. The van der Waals surface area contributed by atoms with Gasteiger partial charge in [0.2, 0.25) is 5.91 Å². The Kier molecular flexibility index (Phi) is 13.5. The predicted molar refractivity (Wildman–Crippen MR) is 223 cm³/mol. The fourth-order valence-corrected chi connectivity index (χ4v) is 7.93. The molecule has 6 rings (SSSR count). The van der Waals surface area contributed by atoms with Crippen LogP contribution in [0.4, 0.5) is 10.5 Å². The summed E-state index contributed by atoms with van der Waals surface area (Å²) in [4.78, 5) is 72.7. The lowest BCUT2D eigenvalue weighted by Crippen LogP contribution is -2.44. The third-order valence-electron chi connectivity index (χ3n) is 11.4. The maximum atomic E-state index is 13.9. The molecule has 0 radical (unpaired) electrons. The van der Waals surface area contributed by atoms with Gasteiger partial charge in [-0.05, 0) is 100 Å². The summed E-state index contributed by atoms with van der Waals surface area (Å²) in [6.07, 6.45) is 1.90. The molecule has 2 atom stereocenters. The number of amides is 3. The Balaban J connectivity index is 1.27. The quantitative estimate of drug-likeness (QED) is 0.0627. The zero-order valence-electron chi connectivity index (χ0n) is 34.8. The topological polar surface area (TPSA) is 193 Å². The van der Waals surface area contributed by atoms with Gasteiger partial charge in [-0.3, -0.25) is 14.4 Å². The number of aliphatic hydroxyl groups is 1. The van der Waals surface area contributed by atoms with Gasteiger partial charge in [0.1, 0.15) is 18.5 Å². The van der Waals surface area contributed by atoms with Gasteiger partial charge in [0.15, 0.2) is 12.3 Å². The second-order valence-corrected chi connectivity index (χ2v) is 15.0. The van der Waals surface area contributed by atoms with E-state index in [9.17, 15) is 34.3 Å². The van der Waals surface area contributed by atoms with Gasteiger partial charge in [-0.2, -0.15) is 5.26 Å². The average molecular weight is 821 g/mol. The highest BCUT2D eigenvalue weighted by atomic mass is 16.6. The molecular weight excluding hydrogens is 769 g/mol. The van der Waals surface area contributed by atoms with Gasteiger partial charge in [0, 0.05) is 48.6 Å². The van der Waals surface area contributed by atoms with Crippen molar-refractivity contribution in [2.75, 3.05) is 31.3 Å². The molecule has 2 aliphatic heterocycles. The number of pyridine rings is 2. The molecule has 2 aliphatic rings. The molecule has 2 aromatic heterocycles. The summed E-state index contributed by atoms with van der Waals surface area (Å²) in [6.45, 7) is 10.4. The number of aryl methyl sites for hydroxylation is 1. The van der Waals surface area contributed by atoms with Crippen molar-refractivity contribution in [1.82, 2.24) is 19.8 Å². The lowest BCUT2D eigenvalue weighted by atomic mass is 9.86. The van der Waals surface area contributed by atoms with E-state index in [1.165, 1.54) is 11.8 Å². The molecule has 4 aromatic rings. The lowest BCUT2D eigenvalue weighted by Gasteiger charge is -2.31. The number of rotatable bonds is 17. The molecule has 0 saturated carbocycles. The molecule has 316 valence electrons. The Morgan fingerprint density at radius 1 is 1.03 bits per heavy atom. The first-order chi connectivity index (χ1) is 28.9. The van der Waals surface area contributed by atoms with Gasteiger partial charge in [-0.15, -0.1) is 0 Å². The summed E-state index contributed by atoms with van der Waals surface area (Å²) in [5.74, 6) is -0.577. The minimum absolute atomic E-state index is 0.00473. The van der Waals surface area contributed by atoms with E-state index in [-0.39, 0.29) is 61.2 Å². The number of aromatic nitrogens is 2. The zero-order valence-corrected chi connectivity index (χ0v) is 34.8. The average Bonchev–Trinajstić information content (AvgIpc) is 3.61. The molecule has 0 spiro atoms.